The zero-order chi connectivity index (χ0) is 28.5. The highest BCUT2D eigenvalue weighted by molar-refractivity contribution is 7.98. The van der Waals surface area contributed by atoms with Crippen LogP contribution in [0.2, 0.25) is 0 Å². The van der Waals surface area contributed by atoms with Crippen molar-refractivity contribution in [2.45, 2.75) is 31.7 Å². The van der Waals surface area contributed by atoms with Crippen LogP contribution in [-0.4, -0.2) is 35.9 Å². The maximum Gasteiger partial charge on any atom is 0.278 e. The number of carbonyl (C=O) groups excluding carboxylic acids is 1. The maximum absolute atomic E-state index is 13.6. The Morgan fingerprint density at radius 3 is 2.39 bits per heavy atom. The van der Waals surface area contributed by atoms with Gasteiger partial charge >= 0.3 is 0 Å². The summed E-state index contributed by atoms with van der Waals surface area (Å²) >= 11 is 3.01. The van der Waals surface area contributed by atoms with Crippen LogP contribution in [0.1, 0.15) is 33.1 Å². The third kappa shape index (κ3) is 5.86. The molecule has 3 aromatic carbocycles. The van der Waals surface area contributed by atoms with Crippen molar-refractivity contribution in [1.82, 2.24) is 29.9 Å². The summed E-state index contributed by atoms with van der Waals surface area (Å²) in [6.07, 6.45) is 0. The molecule has 0 aliphatic carbocycles. The normalized spacial score (nSPS) is 11.2. The van der Waals surface area contributed by atoms with Crippen molar-refractivity contribution >= 4 is 44.9 Å². The molecule has 0 fully saturated rings. The molecule has 0 radical (unpaired) electrons. The molecule has 3 aromatic heterocycles. The second kappa shape index (κ2) is 11.2. The Morgan fingerprint density at radius 1 is 0.927 bits per heavy atom. The summed E-state index contributed by atoms with van der Waals surface area (Å²) in [7, 11) is 0. The van der Waals surface area contributed by atoms with E-state index in [9.17, 15) is 9.18 Å². The Bertz CT molecular complexity index is 1860. The number of amides is 1. The van der Waals surface area contributed by atoms with Gasteiger partial charge in [0.25, 0.3) is 5.91 Å². The van der Waals surface area contributed by atoms with E-state index in [-0.39, 0.29) is 11.5 Å². The molecular formula is C30H24FN7OS2. The zero-order valence-corrected chi connectivity index (χ0v) is 24.1. The minimum atomic E-state index is -0.404. The molecular weight excluding hydrogens is 558 g/mol. The summed E-state index contributed by atoms with van der Waals surface area (Å²) in [5, 5.41) is 12.9. The molecule has 8 nitrogen and oxygen atoms in total. The standard InChI is InChI=1S/C30H24FN7OS2/c1-17-4-13-24-26(14-17)41-29(35-24)20-5-9-22(10-6-20)34-28(39)27-25(16-40-30-32-18(2)15-19(3)33-30)38(37-36-27)23-11-7-21(31)8-12-23/h4-15H,16H2,1-3H3,(H,34,39). The lowest BCUT2D eigenvalue weighted by Crippen LogP contribution is -2.15. The number of aromatic nitrogens is 6. The van der Waals surface area contributed by atoms with Gasteiger partial charge in [0.1, 0.15) is 10.8 Å². The van der Waals surface area contributed by atoms with Crippen molar-refractivity contribution in [1.29, 1.82) is 0 Å². The average molecular weight is 582 g/mol. The molecule has 6 rings (SSSR count). The highest BCUT2D eigenvalue weighted by Crippen LogP contribution is 2.31. The summed E-state index contributed by atoms with van der Waals surface area (Å²) in [6.45, 7) is 5.88. The third-order valence-electron chi connectivity index (χ3n) is 6.28. The topological polar surface area (TPSA) is 98.5 Å². The van der Waals surface area contributed by atoms with Crippen molar-refractivity contribution in [2.24, 2.45) is 0 Å². The minimum absolute atomic E-state index is 0.164. The zero-order valence-electron chi connectivity index (χ0n) is 22.4. The van der Waals surface area contributed by atoms with E-state index < -0.39 is 5.91 Å². The number of hydrogen-bond donors (Lipinski definition) is 1. The van der Waals surface area contributed by atoms with Gasteiger partial charge in [-0.3, -0.25) is 4.79 Å². The molecule has 0 saturated carbocycles. The number of anilines is 1. The molecule has 0 spiro atoms. The fourth-order valence-electron chi connectivity index (χ4n) is 4.33. The van der Waals surface area contributed by atoms with Gasteiger partial charge in [-0.05, 0) is 93.1 Å². The number of halogens is 1. The van der Waals surface area contributed by atoms with Crippen molar-refractivity contribution < 1.29 is 9.18 Å². The summed E-state index contributed by atoms with van der Waals surface area (Å²) < 4.78 is 16.3. The molecule has 1 amide bonds. The second-order valence-corrected chi connectivity index (χ2v) is 11.5. The van der Waals surface area contributed by atoms with Gasteiger partial charge in [-0.15, -0.1) is 16.4 Å². The molecule has 3 heterocycles. The largest absolute Gasteiger partial charge is 0.321 e. The average Bonchev–Trinajstić information content (AvgIpc) is 3.56. The van der Waals surface area contributed by atoms with E-state index in [1.54, 1.807) is 28.2 Å². The van der Waals surface area contributed by atoms with Crippen LogP contribution in [0.25, 0.3) is 26.5 Å². The predicted molar refractivity (Wildman–Crippen MR) is 160 cm³/mol. The molecule has 0 bridgehead atoms. The highest BCUT2D eigenvalue weighted by atomic mass is 32.2. The van der Waals surface area contributed by atoms with Crippen molar-refractivity contribution in [3.05, 3.63) is 107 Å². The molecule has 0 saturated heterocycles. The summed E-state index contributed by atoms with van der Waals surface area (Å²) in [5.41, 5.74) is 6.75. The number of thioether (sulfide) groups is 1. The number of benzene rings is 3. The Kier molecular flexibility index (Phi) is 7.29. The lowest BCUT2D eigenvalue weighted by atomic mass is 10.2. The Morgan fingerprint density at radius 2 is 1.66 bits per heavy atom. The van der Waals surface area contributed by atoms with Crippen molar-refractivity contribution in [2.75, 3.05) is 5.32 Å². The van der Waals surface area contributed by atoms with E-state index in [2.05, 4.69) is 44.7 Å². The monoisotopic (exact) mass is 581 g/mol. The summed E-state index contributed by atoms with van der Waals surface area (Å²) in [5.74, 6) is -0.444. The van der Waals surface area contributed by atoms with Gasteiger partial charge in [-0.1, -0.05) is 23.0 Å². The van der Waals surface area contributed by atoms with E-state index in [1.807, 2.05) is 50.2 Å². The summed E-state index contributed by atoms with van der Waals surface area (Å²) in [4.78, 5) is 27.1. The number of carbonyl (C=O) groups is 1. The number of aryl methyl sites for hydroxylation is 3. The lowest BCUT2D eigenvalue weighted by Gasteiger charge is -2.09. The Labute approximate surface area is 243 Å². The van der Waals surface area contributed by atoms with Gasteiger partial charge in [0.2, 0.25) is 0 Å². The Balaban J connectivity index is 1.25. The molecule has 0 atom stereocenters. The van der Waals surface area contributed by atoms with Gasteiger partial charge in [-0.2, -0.15) is 0 Å². The van der Waals surface area contributed by atoms with Crippen LogP contribution in [0.5, 0.6) is 0 Å². The number of fused-ring (bicyclic) bond motifs is 1. The van der Waals surface area contributed by atoms with Gasteiger partial charge in [0.15, 0.2) is 10.9 Å². The molecule has 6 aromatic rings. The first-order valence-corrected chi connectivity index (χ1v) is 14.6. The van der Waals surface area contributed by atoms with Crippen LogP contribution in [0.15, 0.2) is 78.0 Å². The van der Waals surface area contributed by atoms with Crippen LogP contribution in [0, 0.1) is 26.6 Å². The van der Waals surface area contributed by atoms with Gasteiger partial charge < -0.3 is 5.32 Å². The SMILES string of the molecule is Cc1ccc2nc(-c3ccc(NC(=O)c4nnn(-c5ccc(F)cc5)c4CSc4nc(C)cc(C)n4)cc3)sc2c1. The molecule has 0 aliphatic heterocycles. The van der Waals surface area contributed by atoms with E-state index in [1.165, 1.54) is 29.5 Å². The molecule has 11 heteroatoms. The van der Waals surface area contributed by atoms with Crippen LogP contribution in [0.3, 0.4) is 0 Å². The Hall–Kier alpha value is -4.48. The fraction of sp³-hybridized carbons (Fsp3) is 0.133. The van der Waals surface area contributed by atoms with E-state index >= 15 is 0 Å². The van der Waals surface area contributed by atoms with Crippen LogP contribution < -0.4 is 5.32 Å². The number of thiazole rings is 1. The van der Waals surface area contributed by atoms with Crippen LogP contribution in [-0.2, 0) is 5.75 Å². The first-order valence-electron chi connectivity index (χ1n) is 12.8. The van der Waals surface area contributed by atoms with Gasteiger partial charge in [-0.25, -0.2) is 24.0 Å². The quantitative estimate of drug-likeness (QED) is 0.161. The van der Waals surface area contributed by atoms with Crippen LogP contribution >= 0.6 is 23.1 Å². The number of hydrogen-bond acceptors (Lipinski definition) is 8. The maximum atomic E-state index is 13.6. The number of nitrogens with one attached hydrogen (secondary N) is 1. The number of nitrogens with zero attached hydrogens (tertiary/aromatic N) is 6. The molecule has 0 aliphatic rings. The fourth-order valence-corrected chi connectivity index (χ4v) is 6.34. The van der Waals surface area contributed by atoms with Gasteiger partial charge in [0.05, 0.1) is 21.6 Å². The molecule has 41 heavy (non-hydrogen) atoms. The van der Waals surface area contributed by atoms with Crippen molar-refractivity contribution in [3.8, 4) is 16.3 Å². The molecule has 1 N–H and O–H groups in total. The first-order chi connectivity index (χ1) is 19.8. The molecule has 0 unspecified atom stereocenters. The van der Waals surface area contributed by atoms with E-state index in [4.69, 9.17) is 4.98 Å². The summed E-state index contributed by atoms with van der Waals surface area (Å²) in [6, 6.07) is 21.5. The third-order valence-corrected chi connectivity index (χ3v) is 8.21. The first kappa shape index (κ1) is 26.7. The van der Waals surface area contributed by atoms with Crippen molar-refractivity contribution in [3.63, 3.8) is 0 Å². The van der Waals surface area contributed by atoms with Crippen LogP contribution in [0.4, 0.5) is 10.1 Å². The molecule has 204 valence electrons. The smallest absolute Gasteiger partial charge is 0.278 e. The van der Waals surface area contributed by atoms with Gasteiger partial charge in [0, 0.05) is 28.4 Å². The minimum Gasteiger partial charge on any atom is -0.321 e. The highest BCUT2D eigenvalue weighted by Gasteiger charge is 2.22. The van der Waals surface area contributed by atoms with E-state index in [0.29, 0.717) is 28.0 Å². The lowest BCUT2D eigenvalue weighted by molar-refractivity contribution is 0.102. The second-order valence-electron chi connectivity index (χ2n) is 9.52. The predicted octanol–water partition coefficient (Wildman–Crippen LogP) is 6.94. The number of rotatable bonds is 7. The van der Waals surface area contributed by atoms with E-state index in [0.717, 1.165) is 32.2 Å².